The van der Waals surface area contributed by atoms with Crippen molar-refractivity contribution in [2.45, 2.75) is 13.5 Å². The topological polar surface area (TPSA) is 41.0 Å². The number of carbonyl (C=O) groups is 1. The van der Waals surface area contributed by atoms with E-state index < -0.39 is 0 Å². The van der Waals surface area contributed by atoms with Gasteiger partial charge in [0.25, 0.3) is 0 Å². The summed E-state index contributed by atoms with van der Waals surface area (Å²) in [6.45, 7) is 1.83. The number of aromatic nitrogens is 2. The Labute approximate surface area is 109 Å². The number of aromatic amines is 1. The van der Waals surface area contributed by atoms with Crippen LogP contribution in [0.5, 0.6) is 0 Å². The molecule has 1 aromatic heterocycles. The Morgan fingerprint density at radius 2 is 2.17 bits per heavy atom. The predicted octanol–water partition coefficient (Wildman–Crippen LogP) is 2.23. The molecule has 6 heteroatoms. The third-order valence-corrected chi connectivity index (χ3v) is 3.17. The van der Waals surface area contributed by atoms with Crippen LogP contribution in [0.15, 0.2) is 12.1 Å². The number of aryl methyl sites for hydroxylation is 1. The van der Waals surface area contributed by atoms with Gasteiger partial charge in [0.05, 0.1) is 11.0 Å². The van der Waals surface area contributed by atoms with Gasteiger partial charge in [0.1, 0.15) is 12.4 Å². The molecular weight excluding hydrogens is 253 g/mol. The fraction of sp³-hybridized carbons (Fsp3) is 0.333. The molecule has 0 fully saturated rings. The van der Waals surface area contributed by atoms with Crippen LogP contribution in [0.3, 0.4) is 0 Å². The first-order valence-electron chi connectivity index (χ1n) is 5.49. The van der Waals surface area contributed by atoms with Crippen molar-refractivity contribution in [2.75, 3.05) is 14.1 Å². The number of H-pyrrole nitrogens is 1. The second kappa shape index (κ2) is 4.53. The Morgan fingerprint density at radius 3 is 2.78 bits per heavy atom. The number of rotatable bonds is 2. The van der Waals surface area contributed by atoms with Gasteiger partial charge in [0.2, 0.25) is 5.91 Å². The highest BCUT2D eigenvalue weighted by atomic mass is 32.1. The smallest absolute Gasteiger partial charge is 0.242 e. The standard InChI is InChI=1S/C12H14FN3OS/c1-7-4-10-9(5-8(7)13)14-12(18)16(10)6-11(17)15(2)3/h4-5H,6H2,1-3H3,(H,14,18). The predicted molar refractivity (Wildman–Crippen MR) is 70.5 cm³/mol. The third kappa shape index (κ3) is 2.15. The molecule has 96 valence electrons. The number of fused-ring (bicyclic) bond motifs is 1. The Hall–Kier alpha value is -1.69. The van der Waals surface area contributed by atoms with Gasteiger partial charge in [-0.3, -0.25) is 4.79 Å². The second-order valence-electron chi connectivity index (χ2n) is 4.42. The molecule has 0 aliphatic carbocycles. The average Bonchev–Trinajstić information content (AvgIpc) is 2.56. The van der Waals surface area contributed by atoms with Gasteiger partial charge in [-0.1, -0.05) is 0 Å². The van der Waals surface area contributed by atoms with Crippen molar-refractivity contribution in [1.82, 2.24) is 14.5 Å². The van der Waals surface area contributed by atoms with Crippen molar-refractivity contribution in [3.8, 4) is 0 Å². The highest BCUT2D eigenvalue weighted by Crippen LogP contribution is 2.18. The Bertz CT molecular complexity index is 672. The normalized spacial score (nSPS) is 10.9. The minimum atomic E-state index is -0.287. The van der Waals surface area contributed by atoms with Gasteiger partial charge >= 0.3 is 0 Å². The first-order chi connectivity index (χ1) is 8.40. The Balaban J connectivity index is 2.57. The van der Waals surface area contributed by atoms with E-state index in [4.69, 9.17) is 12.2 Å². The molecule has 18 heavy (non-hydrogen) atoms. The number of imidazole rings is 1. The molecule has 0 saturated heterocycles. The molecule has 0 atom stereocenters. The van der Waals surface area contributed by atoms with Crippen molar-refractivity contribution in [3.05, 3.63) is 28.3 Å². The van der Waals surface area contributed by atoms with Gasteiger partial charge in [-0.05, 0) is 36.8 Å². The molecule has 1 aromatic carbocycles. The highest BCUT2D eigenvalue weighted by Gasteiger charge is 2.12. The maximum Gasteiger partial charge on any atom is 0.242 e. The summed E-state index contributed by atoms with van der Waals surface area (Å²) in [4.78, 5) is 16.1. The average molecular weight is 267 g/mol. The minimum absolute atomic E-state index is 0.0611. The van der Waals surface area contributed by atoms with E-state index in [1.165, 1.54) is 11.0 Å². The molecule has 0 aliphatic heterocycles. The molecular formula is C12H14FN3OS. The number of halogens is 1. The molecule has 0 spiro atoms. The summed E-state index contributed by atoms with van der Waals surface area (Å²) in [5.41, 5.74) is 1.88. The summed E-state index contributed by atoms with van der Waals surface area (Å²) >= 11 is 5.16. The first kappa shape index (κ1) is 12.8. The molecule has 1 amide bonds. The summed E-state index contributed by atoms with van der Waals surface area (Å²) < 4.78 is 15.5. The molecule has 0 bridgehead atoms. The molecule has 4 nitrogen and oxygen atoms in total. The zero-order valence-electron chi connectivity index (χ0n) is 10.5. The summed E-state index contributed by atoms with van der Waals surface area (Å²) in [5.74, 6) is -0.348. The van der Waals surface area contributed by atoms with Crippen LogP contribution in [0.25, 0.3) is 11.0 Å². The molecule has 1 heterocycles. The van der Waals surface area contributed by atoms with E-state index in [1.54, 1.807) is 31.7 Å². The fourth-order valence-electron chi connectivity index (χ4n) is 1.72. The van der Waals surface area contributed by atoms with Crippen molar-refractivity contribution in [3.63, 3.8) is 0 Å². The number of nitrogens with zero attached hydrogens (tertiary/aromatic N) is 2. The molecule has 2 rings (SSSR count). The number of hydrogen-bond donors (Lipinski definition) is 1. The molecule has 1 N–H and O–H groups in total. The van der Waals surface area contributed by atoms with E-state index >= 15 is 0 Å². The quantitative estimate of drug-likeness (QED) is 0.848. The zero-order chi connectivity index (χ0) is 13.4. The third-order valence-electron chi connectivity index (χ3n) is 2.85. The lowest BCUT2D eigenvalue weighted by molar-refractivity contribution is -0.129. The van der Waals surface area contributed by atoms with Gasteiger partial charge in [-0.25, -0.2) is 4.39 Å². The van der Waals surface area contributed by atoms with E-state index in [-0.39, 0.29) is 18.3 Å². The van der Waals surface area contributed by atoms with Gasteiger partial charge < -0.3 is 14.5 Å². The van der Waals surface area contributed by atoms with E-state index in [9.17, 15) is 9.18 Å². The van der Waals surface area contributed by atoms with Gasteiger partial charge in [-0.2, -0.15) is 0 Å². The number of amides is 1. The van der Waals surface area contributed by atoms with Crippen LogP contribution in [-0.4, -0.2) is 34.5 Å². The second-order valence-corrected chi connectivity index (χ2v) is 4.81. The van der Waals surface area contributed by atoms with Gasteiger partial charge in [0, 0.05) is 14.1 Å². The lowest BCUT2D eigenvalue weighted by Crippen LogP contribution is -2.26. The lowest BCUT2D eigenvalue weighted by atomic mass is 10.2. The first-order valence-corrected chi connectivity index (χ1v) is 5.90. The SMILES string of the molecule is Cc1cc2c(cc1F)[nH]c(=S)n2CC(=O)N(C)C. The summed E-state index contributed by atoms with van der Waals surface area (Å²) in [7, 11) is 3.37. The zero-order valence-corrected chi connectivity index (χ0v) is 11.3. The molecule has 0 radical (unpaired) electrons. The summed E-state index contributed by atoms with van der Waals surface area (Å²) in [5, 5.41) is 0. The van der Waals surface area contributed by atoms with Crippen LogP contribution in [0.4, 0.5) is 4.39 Å². The number of hydrogen-bond acceptors (Lipinski definition) is 2. The maximum absolute atomic E-state index is 13.4. The molecule has 2 aromatic rings. The summed E-state index contributed by atoms with van der Waals surface area (Å²) in [6.07, 6.45) is 0. The van der Waals surface area contributed by atoms with Crippen LogP contribution in [-0.2, 0) is 11.3 Å². The van der Waals surface area contributed by atoms with E-state index in [0.717, 1.165) is 5.52 Å². The number of benzene rings is 1. The molecule has 0 unspecified atom stereocenters. The van der Waals surface area contributed by atoms with Crippen molar-refractivity contribution >= 4 is 29.2 Å². The number of nitrogens with one attached hydrogen (secondary N) is 1. The summed E-state index contributed by atoms with van der Waals surface area (Å²) in [6, 6.07) is 3.09. The largest absolute Gasteiger partial charge is 0.347 e. The Kier molecular flexibility index (Phi) is 3.21. The van der Waals surface area contributed by atoms with Crippen molar-refractivity contribution in [1.29, 1.82) is 0 Å². The van der Waals surface area contributed by atoms with Crippen molar-refractivity contribution < 1.29 is 9.18 Å². The number of likely N-dealkylation sites (N-methyl/N-ethyl adjacent to an activating group) is 1. The monoisotopic (exact) mass is 267 g/mol. The van der Waals surface area contributed by atoms with Gasteiger partial charge in [-0.15, -0.1) is 0 Å². The van der Waals surface area contributed by atoms with Crippen LogP contribution in [0, 0.1) is 17.5 Å². The number of carbonyl (C=O) groups excluding carboxylic acids is 1. The minimum Gasteiger partial charge on any atom is -0.347 e. The highest BCUT2D eigenvalue weighted by molar-refractivity contribution is 7.71. The maximum atomic E-state index is 13.4. The molecule has 0 aliphatic rings. The van der Waals surface area contributed by atoms with Crippen molar-refractivity contribution in [2.24, 2.45) is 0 Å². The van der Waals surface area contributed by atoms with Crippen LogP contribution >= 0.6 is 12.2 Å². The fourth-order valence-corrected chi connectivity index (χ4v) is 1.99. The van der Waals surface area contributed by atoms with Gasteiger partial charge in [0.15, 0.2) is 4.77 Å². The van der Waals surface area contributed by atoms with E-state index in [0.29, 0.717) is 15.9 Å². The molecule has 0 saturated carbocycles. The lowest BCUT2D eigenvalue weighted by Gasteiger charge is -2.11. The van der Waals surface area contributed by atoms with Crippen LogP contribution < -0.4 is 0 Å². The van der Waals surface area contributed by atoms with Crippen LogP contribution in [0.1, 0.15) is 5.56 Å². The Morgan fingerprint density at radius 1 is 1.50 bits per heavy atom. The van der Waals surface area contributed by atoms with E-state index in [2.05, 4.69) is 4.98 Å². The van der Waals surface area contributed by atoms with E-state index in [1.807, 2.05) is 0 Å². The van der Waals surface area contributed by atoms with Crippen LogP contribution in [0.2, 0.25) is 0 Å².